The van der Waals surface area contributed by atoms with E-state index in [0.29, 0.717) is 11.3 Å². The molecule has 0 aliphatic heterocycles. The van der Waals surface area contributed by atoms with Gasteiger partial charge in [-0.05, 0) is 32.9 Å². The molecule has 0 aliphatic rings. The van der Waals surface area contributed by atoms with Crippen LogP contribution >= 0.6 is 0 Å². The van der Waals surface area contributed by atoms with Crippen LogP contribution in [0.25, 0.3) is 5.65 Å². The van der Waals surface area contributed by atoms with Crippen LogP contribution in [0.2, 0.25) is 0 Å². The quantitative estimate of drug-likeness (QED) is 0.934. The van der Waals surface area contributed by atoms with Crippen molar-refractivity contribution in [1.29, 1.82) is 0 Å². The van der Waals surface area contributed by atoms with Crippen LogP contribution in [0.1, 0.15) is 37.7 Å². The number of imidazole rings is 1. The lowest BCUT2D eigenvalue weighted by Crippen LogP contribution is -2.46. The first-order valence-electron chi connectivity index (χ1n) is 6.76. The van der Waals surface area contributed by atoms with E-state index in [1.54, 1.807) is 15.5 Å². The Morgan fingerprint density at radius 3 is 2.62 bits per heavy atom. The second-order valence-electron chi connectivity index (χ2n) is 5.86. The van der Waals surface area contributed by atoms with E-state index in [1.165, 1.54) is 0 Å². The number of fused-ring (bicyclic) bond motifs is 1. The van der Waals surface area contributed by atoms with E-state index in [1.807, 2.05) is 45.2 Å². The highest BCUT2D eigenvalue weighted by atomic mass is 16.4. The van der Waals surface area contributed by atoms with Gasteiger partial charge in [-0.25, -0.2) is 4.98 Å². The molecule has 0 aliphatic carbocycles. The fourth-order valence-corrected chi connectivity index (χ4v) is 2.13. The van der Waals surface area contributed by atoms with Crippen LogP contribution in [0.15, 0.2) is 30.6 Å². The third-order valence-electron chi connectivity index (χ3n) is 3.19. The maximum atomic E-state index is 12.6. The highest BCUT2D eigenvalue weighted by Gasteiger charge is 2.29. The topological polar surface area (TPSA) is 74.9 Å². The summed E-state index contributed by atoms with van der Waals surface area (Å²) < 4.78 is 1.77. The van der Waals surface area contributed by atoms with Crippen molar-refractivity contribution in [3.05, 3.63) is 36.3 Å². The van der Waals surface area contributed by atoms with Crippen LogP contribution in [0.3, 0.4) is 0 Å². The number of hydrogen-bond acceptors (Lipinski definition) is 3. The number of pyridine rings is 1. The summed E-state index contributed by atoms with van der Waals surface area (Å²) in [5.74, 6) is -1.18. The Balaban J connectivity index is 2.30. The summed E-state index contributed by atoms with van der Waals surface area (Å²) in [6, 6.07) is 5.52. The number of aliphatic carboxylic acids is 1. The standard InChI is InChI=1S/C15H19N3O3/c1-15(2,3)18(9-7-13(19)20)14(21)11-10-17-8-5-4-6-12(17)16-11/h4-6,8,10H,7,9H2,1-3H3,(H,19,20). The van der Waals surface area contributed by atoms with Crippen LogP contribution in [-0.2, 0) is 4.79 Å². The predicted molar refractivity (Wildman–Crippen MR) is 78.2 cm³/mol. The molecule has 0 unspecified atom stereocenters. The smallest absolute Gasteiger partial charge is 0.305 e. The van der Waals surface area contributed by atoms with Gasteiger partial charge >= 0.3 is 5.97 Å². The molecule has 112 valence electrons. The van der Waals surface area contributed by atoms with Crippen LogP contribution < -0.4 is 0 Å². The van der Waals surface area contributed by atoms with E-state index in [4.69, 9.17) is 5.11 Å². The number of carbonyl (C=O) groups excluding carboxylic acids is 1. The minimum absolute atomic E-state index is 0.0869. The number of carboxylic acids is 1. The summed E-state index contributed by atoms with van der Waals surface area (Å²) in [4.78, 5) is 29.2. The monoisotopic (exact) mass is 289 g/mol. The van der Waals surface area contributed by atoms with Gasteiger partial charge < -0.3 is 14.4 Å². The Kier molecular flexibility index (Phi) is 3.97. The molecule has 0 radical (unpaired) electrons. The summed E-state index contributed by atoms with van der Waals surface area (Å²) in [6.45, 7) is 5.79. The molecule has 6 heteroatoms. The average Bonchev–Trinajstić information content (AvgIpc) is 2.80. The first kappa shape index (κ1) is 15.0. The van der Waals surface area contributed by atoms with Crippen molar-refractivity contribution < 1.29 is 14.7 Å². The molecule has 0 fully saturated rings. The molecule has 2 aromatic heterocycles. The lowest BCUT2D eigenvalue weighted by molar-refractivity contribution is -0.137. The fourth-order valence-electron chi connectivity index (χ4n) is 2.13. The molecular weight excluding hydrogens is 270 g/mol. The van der Waals surface area contributed by atoms with Crippen molar-refractivity contribution in [2.24, 2.45) is 0 Å². The Hall–Kier alpha value is -2.37. The molecule has 0 atom stereocenters. The number of carboxylic acid groups (broad SMARTS) is 1. The van der Waals surface area contributed by atoms with Gasteiger partial charge in [-0.1, -0.05) is 6.07 Å². The van der Waals surface area contributed by atoms with E-state index >= 15 is 0 Å². The van der Waals surface area contributed by atoms with Gasteiger partial charge in [-0.2, -0.15) is 0 Å². The predicted octanol–water partition coefficient (Wildman–Crippen LogP) is 2.05. The molecular formula is C15H19N3O3. The van der Waals surface area contributed by atoms with Gasteiger partial charge in [0, 0.05) is 24.5 Å². The molecule has 0 aromatic carbocycles. The summed E-state index contributed by atoms with van der Waals surface area (Å²) in [5.41, 5.74) is 0.539. The summed E-state index contributed by atoms with van der Waals surface area (Å²) in [6.07, 6.45) is 3.39. The SMILES string of the molecule is CC(C)(C)N(CCC(=O)O)C(=O)c1cn2ccccc2n1. The molecule has 2 aromatic rings. The number of rotatable bonds is 4. The first-order chi connectivity index (χ1) is 9.79. The molecule has 21 heavy (non-hydrogen) atoms. The van der Waals surface area contributed by atoms with E-state index in [0.717, 1.165) is 0 Å². The largest absolute Gasteiger partial charge is 0.481 e. The minimum atomic E-state index is -0.924. The summed E-state index contributed by atoms with van der Waals surface area (Å²) in [7, 11) is 0. The molecule has 1 amide bonds. The lowest BCUT2D eigenvalue weighted by Gasteiger charge is -2.34. The second kappa shape index (κ2) is 5.55. The third-order valence-corrected chi connectivity index (χ3v) is 3.19. The molecule has 6 nitrogen and oxygen atoms in total. The zero-order valence-electron chi connectivity index (χ0n) is 12.4. The van der Waals surface area contributed by atoms with Gasteiger partial charge in [0.15, 0.2) is 0 Å². The van der Waals surface area contributed by atoms with Crippen LogP contribution in [0.4, 0.5) is 0 Å². The highest BCUT2D eigenvalue weighted by Crippen LogP contribution is 2.18. The van der Waals surface area contributed by atoms with E-state index < -0.39 is 11.5 Å². The van der Waals surface area contributed by atoms with Gasteiger partial charge in [0.25, 0.3) is 5.91 Å². The second-order valence-corrected chi connectivity index (χ2v) is 5.86. The molecule has 0 spiro atoms. The fraction of sp³-hybridized carbons (Fsp3) is 0.400. The van der Waals surface area contributed by atoms with Crippen LogP contribution in [-0.4, -0.2) is 43.4 Å². The summed E-state index contributed by atoms with van der Waals surface area (Å²) >= 11 is 0. The normalized spacial score (nSPS) is 11.6. The van der Waals surface area contributed by atoms with Crippen molar-refractivity contribution >= 4 is 17.5 Å². The zero-order chi connectivity index (χ0) is 15.6. The van der Waals surface area contributed by atoms with Crippen molar-refractivity contribution in [3.63, 3.8) is 0 Å². The van der Waals surface area contributed by atoms with E-state index in [-0.39, 0.29) is 18.9 Å². The third kappa shape index (κ3) is 3.39. The maximum Gasteiger partial charge on any atom is 0.305 e. The Bertz CT molecular complexity index is 637. The van der Waals surface area contributed by atoms with Crippen molar-refractivity contribution in [2.45, 2.75) is 32.7 Å². The Morgan fingerprint density at radius 1 is 1.33 bits per heavy atom. The maximum absolute atomic E-state index is 12.6. The molecule has 0 saturated heterocycles. The van der Waals surface area contributed by atoms with Crippen molar-refractivity contribution in [2.75, 3.05) is 6.54 Å². The van der Waals surface area contributed by atoms with Gasteiger partial charge in [-0.15, -0.1) is 0 Å². The van der Waals surface area contributed by atoms with Gasteiger partial charge in [-0.3, -0.25) is 9.59 Å². The van der Waals surface area contributed by atoms with Gasteiger partial charge in [0.1, 0.15) is 11.3 Å². The molecule has 0 bridgehead atoms. The van der Waals surface area contributed by atoms with E-state index in [2.05, 4.69) is 4.98 Å². The van der Waals surface area contributed by atoms with E-state index in [9.17, 15) is 9.59 Å². The molecule has 1 N–H and O–H groups in total. The first-order valence-corrected chi connectivity index (χ1v) is 6.76. The minimum Gasteiger partial charge on any atom is -0.481 e. The van der Waals surface area contributed by atoms with Crippen LogP contribution in [0, 0.1) is 0 Å². The van der Waals surface area contributed by atoms with Crippen molar-refractivity contribution in [3.8, 4) is 0 Å². The average molecular weight is 289 g/mol. The number of carbonyl (C=O) groups is 2. The molecule has 2 rings (SSSR count). The Morgan fingerprint density at radius 2 is 2.05 bits per heavy atom. The van der Waals surface area contributed by atoms with Crippen LogP contribution in [0.5, 0.6) is 0 Å². The number of aromatic nitrogens is 2. The zero-order valence-corrected chi connectivity index (χ0v) is 12.4. The number of hydrogen-bond donors (Lipinski definition) is 1. The number of nitrogens with zero attached hydrogens (tertiary/aromatic N) is 3. The molecule has 0 saturated carbocycles. The summed E-state index contributed by atoms with van der Waals surface area (Å²) in [5, 5.41) is 8.84. The van der Waals surface area contributed by atoms with Gasteiger partial charge in [0.05, 0.1) is 6.42 Å². The van der Waals surface area contributed by atoms with Crippen molar-refractivity contribution in [1.82, 2.24) is 14.3 Å². The Labute approximate surface area is 123 Å². The molecule has 2 heterocycles. The van der Waals surface area contributed by atoms with Gasteiger partial charge in [0.2, 0.25) is 0 Å². The lowest BCUT2D eigenvalue weighted by atomic mass is 10.0. The number of amides is 1. The highest BCUT2D eigenvalue weighted by molar-refractivity contribution is 5.93.